The molecule has 1 aliphatic carbocycles. The fourth-order valence-corrected chi connectivity index (χ4v) is 3.98. The molecule has 37 heavy (non-hydrogen) atoms. The molecule has 0 saturated carbocycles. The zero-order chi connectivity index (χ0) is 26.8. The Bertz CT molecular complexity index is 1080. The number of aliphatic hydroxyl groups excluding tert-OH is 3. The van der Waals surface area contributed by atoms with E-state index < -0.39 is 6.04 Å². The molecule has 2 aromatic rings. The Kier molecular flexibility index (Phi) is 10.1. The Morgan fingerprint density at radius 1 is 0.946 bits per heavy atom. The quantitative estimate of drug-likeness (QED) is 0.181. The summed E-state index contributed by atoms with van der Waals surface area (Å²) < 4.78 is 0.947. The van der Waals surface area contributed by atoms with Crippen LogP contribution in [0.25, 0.3) is 0 Å². The zero-order valence-corrected chi connectivity index (χ0v) is 22.1. The number of rotatable bonds is 13. The number of nitrogens with zero attached hydrogens (tertiary/aromatic N) is 3. The molecule has 0 aliphatic heterocycles. The van der Waals surface area contributed by atoms with Gasteiger partial charge in [0.25, 0.3) is 0 Å². The van der Waals surface area contributed by atoms with Crippen LogP contribution in [0.15, 0.2) is 77.1 Å². The first-order valence-corrected chi connectivity index (χ1v) is 12.6. The van der Waals surface area contributed by atoms with Crippen LogP contribution in [0.1, 0.15) is 6.42 Å². The Hall–Kier alpha value is -3.37. The van der Waals surface area contributed by atoms with Crippen molar-refractivity contribution in [1.82, 2.24) is 0 Å². The third-order valence-electron chi connectivity index (χ3n) is 5.96. The van der Waals surface area contributed by atoms with Crippen molar-refractivity contribution in [1.29, 1.82) is 0 Å². The largest absolute Gasteiger partial charge is 0.506 e. The van der Waals surface area contributed by atoms with Crippen LogP contribution in [0.5, 0.6) is 0 Å². The third kappa shape index (κ3) is 8.91. The lowest BCUT2D eigenvalue weighted by Crippen LogP contribution is -2.36. The van der Waals surface area contributed by atoms with Gasteiger partial charge in [-0.2, -0.15) is 0 Å². The van der Waals surface area contributed by atoms with E-state index >= 15 is 0 Å². The maximum atomic E-state index is 10.5. The van der Waals surface area contributed by atoms with Gasteiger partial charge in [0.15, 0.2) is 0 Å². The van der Waals surface area contributed by atoms with E-state index in [-0.39, 0.29) is 19.0 Å². The molecule has 2 aromatic carbocycles. The summed E-state index contributed by atoms with van der Waals surface area (Å²) in [6.45, 7) is 2.92. The van der Waals surface area contributed by atoms with E-state index in [0.717, 1.165) is 46.7 Å². The van der Waals surface area contributed by atoms with E-state index in [0.29, 0.717) is 24.5 Å². The van der Waals surface area contributed by atoms with E-state index in [1.165, 1.54) is 0 Å². The lowest BCUT2D eigenvalue weighted by molar-refractivity contribution is -0.870. The second-order valence-corrected chi connectivity index (χ2v) is 10.1. The number of aliphatic imine (C=N–C) groups is 1. The first kappa shape index (κ1) is 28.2. The molecule has 0 saturated heterocycles. The fourth-order valence-electron chi connectivity index (χ4n) is 3.98. The predicted octanol–water partition coefficient (Wildman–Crippen LogP) is 2.84. The number of nitrogens with one attached hydrogen (secondary N) is 2. The molecule has 1 aliphatic rings. The highest BCUT2D eigenvalue weighted by Crippen LogP contribution is 2.23. The van der Waals surface area contributed by atoms with Gasteiger partial charge in [-0.15, -0.1) is 0 Å². The normalized spacial score (nSPS) is 16.8. The minimum atomic E-state index is -0.503. The van der Waals surface area contributed by atoms with Crippen molar-refractivity contribution >= 4 is 28.5 Å². The first-order valence-electron chi connectivity index (χ1n) is 12.6. The smallest absolute Gasteiger partial charge is 0.139 e. The molecular weight excluding hydrogens is 468 g/mol. The van der Waals surface area contributed by atoms with Gasteiger partial charge in [-0.25, -0.2) is 4.99 Å². The summed E-state index contributed by atoms with van der Waals surface area (Å²) >= 11 is 0. The minimum absolute atomic E-state index is 0.00972. The van der Waals surface area contributed by atoms with Crippen molar-refractivity contribution in [3.8, 4) is 0 Å². The third-order valence-corrected chi connectivity index (χ3v) is 5.96. The summed E-state index contributed by atoms with van der Waals surface area (Å²) in [4.78, 5) is 6.53. The van der Waals surface area contributed by atoms with Crippen molar-refractivity contribution in [2.75, 3.05) is 76.1 Å². The van der Waals surface area contributed by atoms with E-state index in [4.69, 9.17) is 5.73 Å². The maximum absolute atomic E-state index is 10.5. The summed E-state index contributed by atoms with van der Waals surface area (Å²) in [7, 11) is 6.57. The molecule has 0 fully saturated rings. The zero-order valence-electron chi connectivity index (χ0n) is 22.1. The number of aliphatic hydroxyl groups is 3. The van der Waals surface area contributed by atoms with Crippen LogP contribution in [0, 0.1) is 0 Å². The van der Waals surface area contributed by atoms with Crippen molar-refractivity contribution < 1.29 is 19.8 Å². The maximum Gasteiger partial charge on any atom is 0.139 e. The van der Waals surface area contributed by atoms with E-state index in [1.807, 2.05) is 53.4 Å². The fraction of sp³-hybridized carbons (Fsp3) is 0.393. The summed E-state index contributed by atoms with van der Waals surface area (Å²) in [5, 5.41) is 35.7. The van der Waals surface area contributed by atoms with Crippen LogP contribution in [-0.2, 0) is 0 Å². The van der Waals surface area contributed by atoms with Crippen LogP contribution in [-0.4, -0.2) is 92.1 Å². The summed E-state index contributed by atoms with van der Waals surface area (Å²) in [6, 6.07) is 15.0. The van der Waals surface area contributed by atoms with Gasteiger partial charge in [0.05, 0.1) is 52.6 Å². The molecule has 200 valence electrons. The van der Waals surface area contributed by atoms with Crippen molar-refractivity contribution in [2.24, 2.45) is 10.7 Å². The van der Waals surface area contributed by atoms with E-state index in [1.54, 1.807) is 12.2 Å². The summed E-state index contributed by atoms with van der Waals surface area (Å²) in [6.07, 6.45) is 4.41. The summed E-state index contributed by atoms with van der Waals surface area (Å²) in [5.41, 5.74) is 10.9. The first-order chi connectivity index (χ1) is 17.7. The molecule has 1 unspecified atom stereocenters. The van der Waals surface area contributed by atoms with Crippen molar-refractivity contribution in [3.63, 3.8) is 0 Å². The molecule has 0 heterocycles. The van der Waals surface area contributed by atoms with Crippen molar-refractivity contribution in [3.05, 3.63) is 72.1 Å². The highest BCUT2D eigenvalue weighted by Gasteiger charge is 2.18. The average Bonchev–Trinajstić information content (AvgIpc) is 2.85. The number of anilines is 3. The Morgan fingerprint density at radius 2 is 1.57 bits per heavy atom. The van der Waals surface area contributed by atoms with Crippen molar-refractivity contribution in [2.45, 2.75) is 12.5 Å². The average molecular weight is 510 g/mol. The summed E-state index contributed by atoms with van der Waals surface area (Å²) in [5.74, 6) is 0.0413. The van der Waals surface area contributed by atoms with Crippen LogP contribution in [0.4, 0.5) is 22.7 Å². The number of benzene rings is 2. The van der Waals surface area contributed by atoms with Gasteiger partial charge >= 0.3 is 0 Å². The van der Waals surface area contributed by atoms with Gasteiger partial charge in [-0.1, -0.05) is 0 Å². The lowest BCUT2D eigenvalue weighted by Gasteiger charge is -2.24. The van der Waals surface area contributed by atoms with Gasteiger partial charge in [0.1, 0.15) is 11.5 Å². The Labute approximate surface area is 219 Å². The van der Waals surface area contributed by atoms with Gasteiger partial charge in [-0.05, 0) is 60.7 Å². The molecule has 3 rings (SSSR count). The number of allylic oxidation sites excluding steroid dienone is 1. The molecule has 0 radical (unpaired) electrons. The molecule has 0 bridgehead atoms. The minimum Gasteiger partial charge on any atom is -0.506 e. The van der Waals surface area contributed by atoms with E-state index in [9.17, 15) is 15.3 Å². The van der Waals surface area contributed by atoms with Gasteiger partial charge in [0.2, 0.25) is 0 Å². The Morgan fingerprint density at radius 3 is 2.16 bits per heavy atom. The predicted molar refractivity (Wildman–Crippen MR) is 153 cm³/mol. The highest BCUT2D eigenvalue weighted by atomic mass is 16.3. The molecule has 0 amide bonds. The molecule has 0 spiro atoms. The molecule has 9 nitrogen and oxygen atoms in total. The molecular formula is C28H41N6O3+. The van der Waals surface area contributed by atoms with E-state index in [2.05, 4.69) is 36.8 Å². The SMILES string of the molecule is C[N+](C)(C)CCCNc1ccc(N=C2C=C(Nc3ccc(N(CCO)CCO)cc3)C(N)C=C2O)cc1. The topological polar surface area (TPSA) is 126 Å². The number of hydrogen-bond acceptors (Lipinski definition) is 8. The van der Waals surface area contributed by atoms with Gasteiger partial charge < -0.3 is 41.1 Å². The van der Waals surface area contributed by atoms with Gasteiger partial charge in [-0.3, -0.25) is 0 Å². The van der Waals surface area contributed by atoms with Crippen LogP contribution in [0.2, 0.25) is 0 Å². The van der Waals surface area contributed by atoms with Crippen LogP contribution < -0.4 is 21.3 Å². The molecule has 0 aromatic heterocycles. The molecule has 7 N–H and O–H groups in total. The number of hydrogen-bond donors (Lipinski definition) is 6. The van der Waals surface area contributed by atoms with Gasteiger partial charge in [0, 0.05) is 48.8 Å². The highest BCUT2D eigenvalue weighted by molar-refractivity contribution is 6.09. The molecule has 1 atom stereocenters. The number of quaternary nitrogens is 1. The molecule has 9 heteroatoms. The monoisotopic (exact) mass is 509 g/mol. The Balaban J connectivity index is 1.66. The lowest BCUT2D eigenvalue weighted by atomic mass is 10.0. The second kappa shape index (κ2) is 13.3. The van der Waals surface area contributed by atoms with Crippen LogP contribution in [0.3, 0.4) is 0 Å². The number of nitrogens with two attached hydrogens (primary N) is 1. The standard InChI is InChI=1S/C28H40N6O3/c1-34(2,3)16-4-13-30-21-5-7-22(8-6-21)32-27-20-26(25(29)19-28(27)37)31-23-9-11-24(12-10-23)33(14-17-35)15-18-36/h5-12,19-20,25,30,35-36H,4,13-18,29H2,1-3H3,(H-,31,32,37)/p+1. The second-order valence-electron chi connectivity index (χ2n) is 10.1. The van der Waals surface area contributed by atoms with Crippen LogP contribution >= 0.6 is 0 Å².